The highest BCUT2D eigenvalue weighted by molar-refractivity contribution is 7.52. The van der Waals surface area contributed by atoms with Crippen molar-refractivity contribution in [3.05, 3.63) is 85.2 Å². The average molecular weight is 351 g/mol. The zero-order valence-corrected chi connectivity index (χ0v) is 16.7. The summed E-state index contributed by atoms with van der Waals surface area (Å²) in [6.07, 6.45) is 1.06. The molecule has 0 amide bonds. The van der Waals surface area contributed by atoms with E-state index < -0.39 is 15.4 Å². The van der Waals surface area contributed by atoms with Gasteiger partial charge in [-0.15, -0.1) is 13.2 Å². The Kier molecular flexibility index (Phi) is 4.51. The second-order valence-corrected chi connectivity index (χ2v) is 18.2. The molecular weight excluding hydrogens is 324 g/mol. The molecule has 1 fully saturated rings. The molecule has 0 bridgehead atoms. The minimum absolute atomic E-state index is 0.125. The number of hydrogen-bond donors (Lipinski definition) is 0. The molecule has 0 aliphatic carbocycles. The highest BCUT2D eigenvalue weighted by Gasteiger charge is 2.61. The summed E-state index contributed by atoms with van der Waals surface area (Å²) in [5.41, 5.74) is 4.32. The largest absolute Gasteiger partial charge is 0.405 e. The molecule has 0 unspecified atom stereocenters. The summed E-state index contributed by atoms with van der Waals surface area (Å²) < 4.78 is 7.09. The summed E-state index contributed by atoms with van der Waals surface area (Å²) in [5, 5.41) is 2.69. The molecule has 1 heterocycles. The Labute approximate surface area is 147 Å². The van der Waals surface area contributed by atoms with E-state index in [4.69, 9.17) is 4.43 Å². The molecule has 0 atom stereocenters. The summed E-state index contributed by atoms with van der Waals surface area (Å²) in [4.78, 5) is 0. The Hall–Kier alpha value is -1.69. The molecule has 3 rings (SSSR count). The van der Waals surface area contributed by atoms with Crippen molar-refractivity contribution in [3.63, 3.8) is 0 Å². The van der Waals surface area contributed by atoms with Crippen molar-refractivity contribution in [2.75, 3.05) is 0 Å². The van der Waals surface area contributed by atoms with Crippen molar-refractivity contribution in [3.8, 4) is 0 Å². The average Bonchev–Trinajstić information content (AvgIpc) is 2.63. The summed E-state index contributed by atoms with van der Waals surface area (Å²) in [7, 11) is -4.48. The first-order chi connectivity index (χ1) is 11.5. The molecule has 3 heteroatoms. The van der Waals surface area contributed by atoms with Crippen molar-refractivity contribution < 1.29 is 4.43 Å². The maximum atomic E-state index is 7.09. The standard InChI is InChI=1S/C21H26OSi2/c1-5-23(6-2)18-17-21(3,4)22-24(23,19-13-9-7-10-14-19)20-15-11-8-12-16-20/h5-16H,1-2,17-18H2,3-4H3. The molecule has 1 aliphatic heterocycles. The van der Waals surface area contributed by atoms with Gasteiger partial charge < -0.3 is 4.43 Å². The van der Waals surface area contributed by atoms with E-state index in [2.05, 4.69) is 99.1 Å². The SMILES string of the molecule is C=C[Si]1(C=C)CCC(C)(C)O[Si]1(c1ccccc1)c1ccccc1. The van der Waals surface area contributed by atoms with E-state index in [1.807, 2.05) is 0 Å². The van der Waals surface area contributed by atoms with Gasteiger partial charge in [-0.25, -0.2) is 0 Å². The molecule has 1 saturated heterocycles. The van der Waals surface area contributed by atoms with E-state index in [0.29, 0.717) is 0 Å². The molecular formula is C21H26OSi2. The monoisotopic (exact) mass is 350 g/mol. The highest BCUT2D eigenvalue weighted by Crippen LogP contribution is 2.39. The van der Waals surface area contributed by atoms with Gasteiger partial charge in [-0.2, -0.15) is 0 Å². The Balaban J connectivity index is 2.36. The lowest BCUT2D eigenvalue weighted by molar-refractivity contribution is 0.0983. The van der Waals surface area contributed by atoms with Crippen molar-refractivity contribution in [1.82, 2.24) is 0 Å². The van der Waals surface area contributed by atoms with Gasteiger partial charge in [0.2, 0.25) is 7.83 Å². The second-order valence-electron chi connectivity index (χ2n) is 7.22. The Morgan fingerprint density at radius 2 is 1.33 bits per heavy atom. The van der Waals surface area contributed by atoms with Gasteiger partial charge in [-0.1, -0.05) is 72.1 Å². The minimum atomic E-state index is -2.45. The van der Waals surface area contributed by atoms with Crippen LogP contribution in [0.5, 0.6) is 0 Å². The lowest BCUT2D eigenvalue weighted by atomic mass is 10.1. The van der Waals surface area contributed by atoms with Crippen molar-refractivity contribution in [1.29, 1.82) is 0 Å². The normalized spacial score (nSPS) is 20.9. The van der Waals surface area contributed by atoms with Crippen LogP contribution in [0.2, 0.25) is 6.04 Å². The van der Waals surface area contributed by atoms with Gasteiger partial charge in [-0.3, -0.25) is 0 Å². The van der Waals surface area contributed by atoms with E-state index in [9.17, 15) is 0 Å². The fourth-order valence-corrected chi connectivity index (χ4v) is 19.4. The molecule has 2 aromatic carbocycles. The van der Waals surface area contributed by atoms with Gasteiger partial charge in [0.05, 0.1) is 5.60 Å². The van der Waals surface area contributed by atoms with Gasteiger partial charge in [-0.05, 0) is 36.7 Å². The first-order valence-electron chi connectivity index (χ1n) is 8.58. The van der Waals surface area contributed by atoms with Gasteiger partial charge >= 0.3 is 0 Å². The summed E-state index contributed by atoms with van der Waals surface area (Å²) in [6.45, 7) is 13.0. The first-order valence-corrected chi connectivity index (χ1v) is 13.9. The predicted octanol–water partition coefficient (Wildman–Crippen LogP) is 3.92. The Morgan fingerprint density at radius 1 is 0.875 bits per heavy atom. The Morgan fingerprint density at radius 3 is 1.75 bits per heavy atom. The van der Waals surface area contributed by atoms with E-state index in [1.165, 1.54) is 10.4 Å². The van der Waals surface area contributed by atoms with Crippen LogP contribution in [0.3, 0.4) is 0 Å². The van der Waals surface area contributed by atoms with Crippen LogP contribution >= 0.6 is 0 Å². The third-order valence-electron chi connectivity index (χ3n) is 5.31. The van der Waals surface area contributed by atoms with E-state index >= 15 is 0 Å². The van der Waals surface area contributed by atoms with Crippen LogP contribution in [0.4, 0.5) is 0 Å². The molecule has 0 N–H and O–H groups in total. The minimum Gasteiger partial charge on any atom is -0.405 e. The predicted molar refractivity (Wildman–Crippen MR) is 109 cm³/mol. The number of rotatable bonds is 4. The van der Waals surface area contributed by atoms with Gasteiger partial charge in [0, 0.05) is 0 Å². The quantitative estimate of drug-likeness (QED) is 0.759. The van der Waals surface area contributed by atoms with Crippen LogP contribution in [-0.4, -0.2) is 21.0 Å². The third kappa shape index (κ3) is 2.57. The number of benzene rings is 2. The van der Waals surface area contributed by atoms with Crippen molar-refractivity contribution >= 4 is 25.8 Å². The lowest BCUT2D eigenvalue weighted by Crippen LogP contribution is -2.80. The molecule has 124 valence electrons. The topological polar surface area (TPSA) is 9.23 Å². The van der Waals surface area contributed by atoms with Crippen LogP contribution in [-0.2, 0) is 4.43 Å². The smallest absolute Gasteiger partial charge is 0.250 e. The summed E-state index contributed by atoms with van der Waals surface area (Å²) in [6, 6.07) is 22.8. The second kappa shape index (κ2) is 6.32. The fourth-order valence-electron chi connectivity index (χ4n) is 3.99. The maximum Gasteiger partial charge on any atom is 0.250 e. The zero-order valence-electron chi connectivity index (χ0n) is 14.7. The molecule has 0 spiro atoms. The van der Waals surface area contributed by atoms with Crippen LogP contribution < -0.4 is 10.4 Å². The molecule has 1 nitrogen and oxygen atoms in total. The van der Waals surface area contributed by atoms with E-state index in [1.54, 1.807) is 0 Å². The van der Waals surface area contributed by atoms with Gasteiger partial charge in [0.25, 0.3) is 0 Å². The Bertz CT molecular complexity index is 675. The van der Waals surface area contributed by atoms with Crippen LogP contribution in [0.25, 0.3) is 0 Å². The summed E-state index contributed by atoms with van der Waals surface area (Å²) >= 11 is 0. The molecule has 0 saturated carbocycles. The fraction of sp³-hybridized carbons (Fsp3) is 0.238. The van der Waals surface area contributed by atoms with Crippen molar-refractivity contribution in [2.24, 2.45) is 0 Å². The number of hydrogen-bond acceptors (Lipinski definition) is 1. The van der Waals surface area contributed by atoms with Crippen molar-refractivity contribution in [2.45, 2.75) is 31.9 Å². The van der Waals surface area contributed by atoms with Crippen LogP contribution in [0.15, 0.2) is 85.2 Å². The maximum absolute atomic E-state index is 7.09. The summed E-state index contributed by atoms with van der Waals surface area (Å²) in [5.74, 6) is 0. The molecule has 0 radical (unpaired) electrons. The van der Waals surface area contributed by atoms with E-state index in [-0.39, 0.29) is 5.60 Å². The zero-order chi connectivity index (χ0) is 17.3. The third-order valence-corrected chi connectivity index (χ3v) is 20.3. The molecule has 24 heavy (non-hydrogen) atoms. The van der Waals surface area contributed by atoms with Crippen LogP contribution in [0, 0.1) is 0 Å². The lowest BCUT2D eigenvalue weighted by Gasteiger charge is -2.53. The van der Waals surface area contributed by atoms with E-state index in [0.717, 1.165) is 12.5 Å². The highest BCUT2D eigenvalue weighted by atomic mass is 29.3. The van der Waals surface area contributed by atoms with Crippen LogP contribution in [0.1, 0.15) is 20.3 Å². The van der Waals surface area contributed by atoms with Gasteiger partial charge in [0.1, 0.15) is 7.59 Å². The molecule has 1 aliphatic rings. The first kappa shape index (κ1) is 17.1. The van der Waals surface area contributed by atoms with Gasteiger partial charge in [0.15, 0.2) is 0 Å². The molecule has 0 aromatic heterocycles. The molecule has 2 aromatic rings.